The van der Waals surface area contributed by atoms with Gasteiger partial charge < -0.3 is 0 Å². The molecule has 0 bridgehead atoms. The second kappa shape index (κ2) is 4.66. The van der Waals surface area contributed by atoms with Crippen LogP contribution >= 0.6 is 0 Å². The molecule has 2 unspecified atom stereocenters. The number of hydrogen-bond acceptors (Lipinski definition) is 0. The first-order chi connectivity index (χ1) is 9.42. The maximum Gasteiger partial charge on any atom is 0.399 e. The highest BCUT2D eigenvalue weighted by Crippen LogP contribution is 2.36. The molecule has 0 aromatic heterocycles. The van der Waals surface area contributed by atoms with Gasteiger partial charge in [0.15, 0.2) is 0 Å². The zero-order valence-electron chi connectivity index (χ0n) is 10.8. The van der Waals surface area contributed by atoms with E-state index >= 15 is 0 Å². The van der Waals surface area contributed by atoms with Crippen molar-refractivity contribution >= 4 is 32.5 Å². The molecule has 0 saturated heterocycles. The van der Waals surface area contributed by atoms with Gasteiger partial charge in [-0.05, 0) is 11.1 Å². The second-order valence-electron chi connectivity index (χ2n) is 5.42. The first-order valence-corrected chi connectivity index (χ1v) is 8.59. The van der Waals surface area contributed by atoms with E-state index in [1.54, 1.807) is 11.1 Å². The summed E-state index contributed by atoms with van der Waals surface area (Å²) in [6.45, 7) is 0. The topological polar surface area (TPSA) is 0 Å². The van der Waals surface area contributed by atoms with Gasteiger partial charge >= 0.3 is 20.4 Å². The molecule has 0 fully saturated rings. The molecule has 0 aliphatic heterocycles. The average molecular weight is 255 g/mol. The van der Waals surface area contributed by atoms with Crippen molar-refractivity contribution in [2.24, 2.45) is 0 Å². The van der Waals surface area contributed by atoms with E-state index in [-0.39, 0.29) is 20.4 Å². The highest BCUT2D eigenvalue weighted by Gasteiger charge is 2.26. The Morgan fingerprint density at radius 1 is 0.632 bits per heavy atom. The monoisotopic (exact) mass is 254 g/mol. The van der Waals surface area contributed by atoms with E-state index in [2.05, 4.69) is 72.8 Å². The smallest absolute Gasteiger partial charge is 0.102 e. The lowest BCUT2D eigenvalue weighted by Crippen LogP contribution is -2.12. The van der Waals surface area contributed by atoms with E-state index in [9.17, 15) is 0 Å². The molecule has 0 heterocycles. The Hall–Kier alpha value is -1.31. The number of fused-ring (bicyclic) bond motifs is 2. The molecule has 19 heavy (non-hydrogen) atoms. The van der Waals surface area contributed by atoms with Crippen molar-refractivity contribution in [3.05, 3.63) is 82.9 Å². The van der Waals surface area contributed by atoms with Crippen molar-refractivity contribution in [3.8, 4) is 0 Å². The minimum Gasteiger partial charge on any atom is -0.102 e. The van der Waals surface area contributed by atoms with E-state index in [0.29, 0.717) is 8.09 Å². The predicted octanol–water partition coefficient (Wildman–Crippen LogP) is 4.23. The van der Waals surface area contributed by atoms with Crippen molar-refractivity contribution < 1.29 is 0 Å². The molecule has 2 aromatic rings. The van der Waals surface area contributed by atoms with E-state index in [0.717, 1.165) is 0 Å². The fourth-order valence-corrected chi connectivity index (χ4v) is 5.72. The van der Waals surface area contributed by atoms with E-state index in [4.69, 9.17) is 0 Å². The summed E-state index contributed by atoms with van der Waals surface area (Å²) in [6, 6.07) is 17.7. The van der Waals surface area contributed by atoms with Crippen molar-refractivity contribution in [2.75, 3.05) is 0 Å². The molecule has 4 rings (SSSR count). The minimum atomic E-state index is -0.227. The largest absolute Gasteiger partial charge is 0.399 e. The normalized spacial score (nSPS) is 22.1. The average Bonchev–Trinajstić information content (AvgIpc) is 3.05. The number of allylic oxidation sites excluding steroid dienone is 2. The summed E-state index contributed by atoms with van der Waals surface area (Å²) < 4.78 is 1.41. The molecule has 2 atom stereocenters. The van der Waals surface area contributed by atoms with E-state index < -0.39 is 0 Å². The van der Waals surface area contributed by atoms with Crippen LogP contribution in [-0.4, -0.2) is 20.4 Å². The molecule has 2 aromatic carbocycles. The first kappa shape index (κ1) is 11.5. The Balaban J connectivity index is 1.62. The molecule has 88 valence electrons. The molecule has 1 heteroatoms. The molecular formula is C18H14Mg. The number of rotatable bonds is 2. The molecule has 0 spiro atoms. The van der Waals surface area contributed by atoms with Gasteiger partial charge in [-0.25, -0.2) is 0 Å². The van der Waals surface area contributed by atoms with Gasteiger partial charge in [-0.3, -0.25) is 0 Å². The van der Waals surface area contributed by atoms with Crippen LogP contribution in [0, 0.1) is 0 Å². The van der Waals surface area contributed by atoms with Crippen LogP contribution < -0.4 is 0 Å². The maximum absolute atomic E-state index is 2.42. The van der Waals surface area contributed by atoms with Crippen LogP contribution in [0.4, 0.5) is 0 Å². The predicted molar refractivity (Wildman–Crippen MR) is 82.2 cm³/mol. The maximum atomic E-state index is 2.42. The van der Waals surface area contributed by atoms with Gasteiger partial charge in [-0.15, -0.1) is 12.2 Å². The number of hydrogen-bond donors (Lipinski definition) is 0. The molecule has 0 amide bonds. The van der Waals surface area contributed by atoms with Crippen molar-refractivity contribution in [1.82, 2.24) is 0 Å². The third-order valence-electron chi connectivity index (χ3n) is 4.32. The molecule has 0 N–H and O–H groups in total. The summed E-state index contributed by atoms with van der Waals surface area (Å²) in [7, 11) is 0. The fourth-order valence-electron chi connectivity index (χ4n) is 3.33. The highest BCUT2D eigenvalue weighted by atomic mass is 24.5. The molecular weight excluding hydrogens is 241 g/mol. The van der Waals surface area contributed by atoms with Gasteiger partial charge in [-0.2, -0.15) is 0 Å². The van der Waals surface area contributed by atoms with Crippen LogP contribution in [-0.2, 0) is 0 Å². The van der Waals surface area contributed by atoms with Crippen LogP contribution in [0.15, 0.2) is 60.7 Å². The fraction of sp³-hybridized carbons (Fsp3) is 0.111. The third-order valence-corrected chi connectivity index (χ3v) is 6.75. The zero-order valence-corrected chi connectivity index (χ0v) is 12.2. The summed E-state index contributed by atoms with van der Waals surface area (Å²) in [4.78, 5) is 0. The molecule has 0 nitrogen and oxygen atoms in total. The number of benzene rings is 2. The first-order valence-electron chi connectivity index (χ1n) is 6.96. The van der Waals surface area contributed by atoms with E-state index in [1.165, 1.54) is 11.1 Å². The lowest BCUT2D eigenvalue weighted by molar-refractivity contribution is 1.13. The summed E-state index contributed by atoms with van der Waals surface area (Å²) in [5.74, 6) is 0. The van der Waals surface area contributed by atoms with Crippen LogP contribution in [0.5, 0.6) is 0 Å². The summed E-state index contributed by atoms with van der Waals surface area (Å²) in [5, 5.41) is 0. The Morgan fingerprint density at radius 3 is 1.63 bits per heavy atom. The van der Waals surface area contributed by atoms with Crippen LogP contribution in [0.1, 0.15) is 30.3 Å². The highest BCUT2D eigenvalue weighted by molar-refractivity contribution is 6.43. The lowest BCUT2D eigenvalue weighted by Gasteiger charge is -2.15. The Kier molecular flexibility index (Phi) is 2.82. The standard InChI is InChI=1S/2C9H7.Mg/c2*1-2-5-9-7-3-6-8(9)4-1;/h2*1-7H;. The molecule has 0 radical (unpaired) electrons. The van der Waals surface area contributed by atoms with Gasteiger partial charge in [0.05, 0.1) is 0 Å². The molecule has 2 aliphatic carbocycles. The SMILES string of the molecule is C1=C[CH]([Mg][CH]2C=Cc3ccccc32)c2ccccc21. The van der Waals surface area contributed by atoms with Crippen molar-refractivity contribution in [3.63, 3.8) is 0 Å². The van der Waals surface area contributed by atoms with Gasteiger partial charge in [0.2, 0.25) is 0 Å². The minimum absolute atomic E-state index is 0.227. The summed E-state index contributed by atoms with van der Waals surface area (Å²) in [5.41, 5.74) is 5.95. The molecule has 0 saturated carbocycles. The second-order valence-corrected chi connectivity index (χ2v) is 7.66. The van der Waals surface area contributed by atoms with Crippen molar-refractivity contribution in [2.45, 2.75) is 8.09 Å². The third kappa shape index (κ3) is 1.98. The Morgan fingerprint density at radius 2 is 1.11 bits per heavy atom. The quantitative estimate of drug-likeness (QED) is 0.704. The van der Waals surface area contributed by atoms with Gasteiger partial charge in [-0.1, -0.05) is 79.9 Å². The van der Waals surface area contributed by atoms with Gasteiger partial charge in [0.25, 0.3) is 0 Å². The summed E-state index contributed by atoms with van der Waals surface area (Å²) >= 11 is -0.227. The van der Waals surface area contributed by atoms with Crippen LogP contribution in [0.2, 0.25) is 0 Å². The molecule has 2 aliphatic rings. The Labute approximate surface area is 123 Å². The van der Waals surface area contributed by atoms with Crippen molar-refractivity contribution in [1.29, 1.82) is 0 Å². The summed E-state index contributed by atoms with van der Waals surface area (Å²) in [6.07, 6.45) is 9.45. The van der Waals surface area contributed by atoms with E-state index in [1.807, 2.05) is 0 Å². The van der Waals surface area contributed by atoms with Crippen LogP contribution in [0.3, 0.4) is 0 Å². The lowest BCUT2D eigenvalue weighted by atomic mass is 10.1. The van der Waals surface area contributed by atoms with Gasteiger partial charge in [0.1, 0.15) is 0 Å². The Bertz CT molecular complexity index is 622. The van der Waals surface area contributed by atoms with Crippen LogP contribution in [0.25, 0.3) is 12.2 Å². The zero-order chi connectivity index (χ0) is 12.7. The van der Waals surface area contributed by atoms with Gasteiger partial charge in [0, 0.05) is 0 Å².